The van der Waals surface area contributed by atoms with Gasteiger partial charge >= 0.3 is 0 Å². The highest BCUT2D eigenvalue weighted by molar-refractivity contribution is 5.50. The molecule has 124 valence electrons. The number of aryl methyl sites for hydroxylation is 1. The summed E-state index contributed by atoms with van der Waals surface area (Å²) in [6, 6.07) is 14.2. The minimum absolute atomic E-state index is 0.552. The molecule has 4 rings (SSSR count). The average molecular weight is 329 g/mol. The standard InChI is InChI=1S/C21H19N3O/c22-14-17-9-8-15(13-21-23-10-11-24-21)12-20(17)25-19-7-3-5-16-4-1-2-6-18(16)19/h3,5,7-12H,1-2,4,6,13H2,(H,23,24). The van der Waals surface area contributed by atoms with Gasteiger partial charge in [-0.3, -0.25) is 0 Å². The van der Waals surface area contributed by atoms with Crippen LogP contribution < -0.4 is 4.74 Å². The SMILES string of the molecule is N#Cc1ccc(Cc2ncc[nH]2)cc1Oc1cccc2c1CCCC2. The van der Waals surface area contributed by atoms with Gasteiger partial charge < -0.3 is 9.72 Å². The maximum atomic E-state index is 9.43. The molecule has 0 bridgehead atoms. The Morgan fingerprint density at radius 1 is 1.12 bits per heavy atom. The highest BCUT2D eigenvalue weighted by atomic mass is 16.5. The van der Waals surface area contributed by atoms with E-state index in [1.54, 1.807) is 6.20 Å². The van der Waals surface area contributed by atoms with Gasteiger partial charge in [0.2, 0.25) is 0 Å². The molecule has 4 heteroatoms. The van der Waals surface area contributed by atoms with Crippen molar-refractivity contribution in [1.29, 1.82) is 5.26 Å². The summed E-state index contributed by atoms with van der Waals surface area (Å²) in [6.07, 6.45) is 8.81. The van der Waals surface area contributed by atoms with E-state index < -0.39 is 0 Å². The molecule has 1 aliphatic rings. The van der Waals surface area contributed by atoms with Crippen molar-refractivity contribution in [2.75, 3.05) is 0 Å². The zero-order valence-corrected chi connectivity index (χ0v) is 14.0. The summed E-state index contributed by atoms with van der Waals surface area (Å²) in [5, 5.41) is 9.43. The number of hydrogen-bond donors (Lipinski definition) is 1. The van der Waals surface area contributed by atoms with E-state index in [4.69, 9.17) is 4.74 Å². The lowest BCUT2D eigenvalue weighted by Crippen LogP contribution is -2.04. The van der Waals surface area contributed by atoms with Crippen molar-refractivity contribution in [1.82, 2.24) is 9.97 Å². The summed E-state index contributed by atoms with van der Waals surface area (Å²) in [5.41, 5.74) is 4.27. The zero-order valence-electron chi connectivity index (χ0n) is 14.0. The van der Waals surface area contributed by atoms with E-state index in [9.17, 15) is 5.26 Å². The normalized spacial score (nSPS) is 13.1. The molecule has 0 radical (unpaired) electrons. The minimum atomic E-state index is 0.552. The van der Waals surface area contributed by atoms with E-state index in [2.05, 4.69) is 22.1 Å². The van der Waals surface area contributed by atoms with Crippen LogP contribution in [0.25, 0.3) is 0 Å². The molecule has 0 fully saturated rings. The Labute approximate surface area is 147 Å². The van der Waals surface area contributed by atoms with Gasteiger partial charge in [-0.25, -0.2) is 4.98 Å². The summed E-state index contributed by atoms with van der Waals surface area (Å²) in [4.78, 5) is 7.37. The first-order valence-electron chi connectivity index (χ1n) is 8.63. The van der Waals surface area contributed by atoms with Gasteiger partial charge in [0, 0.05) is 18.8 Å². The number of nitrogens with zero attached hydrogens (tertiary/aromatic N) is 2. The van der Waals surface area contributed by atoms with Crippen LogP contribution in [0.3, 0.4) is 0 Å². The maximum Gasteiger partial charge on any atom is 0.145 e. The van der Waals surface area contributed by atoms with Crippen LogP contribution in [0.15, 0.2) is 48.8 Å². The van der Waals surface area contributed by atoms with Crippen molar-refractivity contribution >= 4 is 0 Å². The molecule has 0 spiro atoms. The second-order valence-electron chi connectivity index (χ2n) is 6.36. The number of fused-ring (bicyclic) bond motifs is 1. The van der Waals surface area contributed by atoms with Gasteiger partial charge in [-0.15, -0.1) is 0 Å². The zero-order chi connectivity index (χ0) is 17.1. The number of nitriles is 1. The lowest BCUT2D eigenvalue weighted by Gasteiger charge is -2.19. The maximum absolute atomic E-state index is 9.43. The first-order valence-corrected chi connectivity index (χ1v) is 8.63. The first-order chi connectivity index (χ1) is 12.3. The third-order valence-electron chi connectivity index (χ3n) is 4.67. The van der Waals surface area contributed by atoms with Gasteiger partial charge in [0.15, 0.2) is 0 Å². The summed E-state index contributed by atoms with van der Waals surface area (Å²) in [7, 11) is 0. The van der Waals surface area contributed by atoms with E-state index >= 15 is 0 Å². The van der Waals surface area contributed by atoms with Crippen LogP contribution in [-0.4, -0.2) is 9.97 Å². The van der Waals surface area contributed by atoms with E-state index in [1.807, 2.05) is 36.5 Å². The molecule has 1 aromatic heterocycles. The Kier molecular flexibility index (Phi) is 4.22. The molecule has 0 saturated carbocycles. The Balaban J connectivity index is 1.66. The number of benzene rings is 2. The quantitative estimate of drug-likeness (QED) is 0.764. The fourth-order valence-electron chi connectivity index (χ4n) is 3.40. The minimum Gasteiger partial charge on any atom is -0.456 e. The number of ether oxygens (including phenoxy) is 1. The van der Waals surface area contributed by atoms with Crippen molar-refractivity contribution in [2.45, 2.75) is 32.1 Å². The fourth-order valence-corrected chi connectivity index (χ4v) is 3.40. The van der Waals surface area contributed by atoms with E-state index in [0.29, 0.717) is 17.7 Å². The van der Waals surface area contributed by atoms with Gasteiger partial charge in [-0.2, -0.15) is 5.26 Å². The van der Waals surface area contributed by atoms with Gasteiger partial charge in [0.1, 0.15) is 23.4 Å². The predicted molar refractivity (Wildman–Crippen MR) is 95.7 cm³/mol. The monoisotopic (exact) mass is 329 g/mol. The lowest BCUT2D eigenvalue weighted by molar-refractivity contribution is 0.468. The van der Waals surface area contributed by atoms with Crippen LogP contribution in [0.2, 0.25) is 0 Å². The molecule has 25 heavy (non-hydrogen) atoms. The van der Waals surface area contributed by atoms with Crippen LogP contribution in [0.5, 0.6) is 11.5 Å². The Hall–Kier alpha value is -3.06. The summed E-state index contributed by atoms with van der Waals surface area (Å²) < 4.78 is 6.21. The largest absolute Gasteiger partial charge is 0.456 e. The molecule has 1 aliphatic carbocycles. The van der Waals surface area contributed by atoms with Crippen molar-refractivity contribution in [3.8, 4) is 17.6 Å². The van der Waals surface area contributed by atoms with Gasteiger partial charge in [0.05, 0.1) is 5.56 Å². The van der Waals surface area contributed by atoms with Gasteiger partial charge in [-0.05, 0) is 60.6 Å². The molecule has 1 N–H and O–H groups in total. The third-order valence-corrected chi connectivity index (χ3v) is 4.67. The lowest BCUT2D eigenvalue weighted by atomic mass is 9.91. The number of aromatic nitrogens is 2. The third kappa shape index (κ3) is 3.27. The predicted octanol–water partition coefficient (Wildman–Crippen LogP) is 4.54. The molecule has 4 nitrogen and oxygen atoms in total. The molecule has 0 aliphatic heterocycles. The number of imidazole rings is 1. The molecule has 0 unspecified atom stereocenters. The van der Waals surface area contributed by atoms with Crippen LogP contribution in [0.1, 0.15) is 40.9 Å². The molecule has 0 atom stereocenters. The molecule has 3 aromatic rings. The first kappa shape index (κ1) is 15.5. The molecule has 0 amide bonds. The van der Waals surface area contributed by atoms with Crippen LogP contribution in [0, 0.1) is 11.3 Å². The van der Waals surface area contributed by atoms with Gasteiger partial charge in [0.25, 0.3) is 0 Å². The van der Waals surface area contributed by atoms with Crippen LogP contribution in [0.4, 0.5) is 0 Å². The van der Waals surface area contributed by atoms with Crippen LogP contribution in [-0.2, 0) is 19.3 Å². The molecule has 1 heterocycles. The molecular formula is C21H19N3O. The number of H-pyrrole nitrogens is 1. The Morgan fingerprint density at radius 3 is 2.88 bits per heavy atom. The number of hydrogen-bond acceptors (Lipinski definition) is 3. The summed E-state index contributed by atoms with van der Waals surface area (Å²) in [6.45, 7) is 0. The number of rotatable bonds is 4. The van der Waals surface area contributed by atoms with Gasteiger partial charge in [-0.1, -0.05) is 18.2 Å². The second-order valence-corrected chi connectivity index (χ2v) is 6.36. The Morgan fingerprint density at radius 2 is 2.04 bits per heavy atom. The summed E-state index contributed by atoms with van der Waals surface area (Å²) in [5.74, 6) is 2.39. The van der Waals surface area contributed by atoms with Crippen molar-refractivity contribution < 1.29 is 4.74 Å². The van der Waals surface area contributed by atoms with Crippen molar-refractivity contribution in [3.63, 3.8) is 0 Å². The van der Waals surface area contributed by atoms with E-state index in [0.717, 1.165) is 30.0 Å². The van der Waals surface area contributed by atoms with E-state index in [1.165, 1.54) is 24.0 Å². The highest BCUT2D eigenvalue weighted by Gasteiger charge is 2.16. The fraction of sp³-hybridized carbons (Fsp3) is 0.238. The molecule has 2 aromatic carbocycles. The molecular weight excluding hydrogens is 310 g/mol. The summed E-state index contributed by atoms with van der Waals surface area (Å²) >= 11 is 0. The number of aromatic amines is 1. The number of nitrogens with one attached hydrogen (secondary N) is 1. The average Bonchev–Trinajstić information content (AvgIpc) is 3.15. The smallest absolute Gasteiger partial charge is 0.145 e. The van der Waals surface area contributed by atoms with Crippen LogP contribution >= 0.6 is 0 Å². The topological polar surface area (TPSA) is 61.7 Å². The highest BCUT2D eigenvalue weighted by Crippen LogP contribution is 2.34. The van der Waals surface area contributed by atoms with Crippen molar-refractivity contribution in [3.05, 3.63) is 76.9 Å². The Bertz CT molecular complexity index is 923. The van der Waals surface area contributed by atoms with Crippen molar-refractivity contribution in [2.24, 2.45) is 0 Å². The molecule has 0 saturated heterocycles. The second kappa shape index (κ2) is 6.82. The van der Waals surface area contributed by atoms with E-state index in [-0.39, 0.29) is 0 Å².